The van der Waals surface area contributed by atoms with Crippen LogP contribution in [0.4, 0.5) is 13.2 Å². The summed E-state index contributed by atoms with van der Waals surface area (Å²) in [5.41, 5.74) is 1.03. The van der Waals surface area contributed by atoms with Crippen molar-refractivity contribution in [3.05, 3.63) is 77.4 Å². The molecule has 0 spiro atoms. The Morgan fingerprint density at radius 1 is 1.21 bits per heavy atom. The van der Waals surface area contributed by atoms with E-state index < -0.39 is 34.5 Å². The first kappa shape index (κ1) is 26.2. The Labute approximate surface area is 221 Å². The largest absolute Gasteiger partial charge is 0.480 e. The molecule has 4 aromatic rings. The number of aliphatic imine (C=N–C) groups is 1. The van der Waals surface area contributed by atoms with E-state index in [1.54, 1.807) is 6.20 Å². The van der Waals surface area contributed by atoms with Gasteiger partial charge >= 0.3 is 0 Å². The normalized spacial score (nSPS) is 17.0. The van der Waals surface area contributed by atoms with Crippen LogP contribution >= 0.6 is 0 Å². The summed E-state index contributed by atoms with van der Waals surface area (Å²) >= 11 is 0. The summed E-state index contributed by atoms with van der Waals surface area (Å²) in [5, 5.41) is 12.2. The summed E-state index contributed by atoms with van der Waals surface area (Å²) in [4.78, 5) is 23.6. The molecule has 0 aliphatic carbocycles. The van der Waals surface area contributed by atoms with Crippen molar-refractivity contribution in [2.75, 3.05) is 26.8 Å². The van der Waals surface area contributed by atoms with Crippen molar-refractivity contribution in [2.24, 2.45) is 10.4 Å². The van der Waals surface area contributed by atoms with Gasteiger partial charge in [0, 0.05) is 42.4 Å². The molecule has 0 bridgehead atoms. The van der Waals surface area contributed by atoms with E-state index in [4.69, 9.17) is 9.47 Å². The molecule has 1 unspecified atom stereocenters. The van der Waals surface area contributed by atoms with Crippen LogP contribution < -0.4 is 10.1 Å². The monoisotopic (exact) mass is 538 g/mol. The molecule has 1 aliphatic rings. The third kappa shape index (κ3) is 5.30. The Hall–Kier alpha value is -4.38. The van der Waals surface area contributed by atoms with E-state index in [0.717, 1.165) is 18.2 Å². The number of nitrogens with zero attached hydrogens (tertiary/aromatic N) is 2. The maximum absolute atomic E-state index is 15.1. The first-order valence-electron chi connectivity index (χ1n) is 12.1. The van der Waals surface area contributed by atoms with E-state index in [1.807, 2.05) is 6.92 Å². The summed E-state index contributed by atoms with van der Waals surface area (Å²) in [6.45, 7) is 2.35. The number of carbonyl (C=O) groups excluding carboxylic acids is 1. The van der Waals surface area contributed by atoms with Gasteiger partial charge in [-0.15, -0.1) is 0 Å². The molecule has 1 atom stereocenters. The van der Waals surface area contributed by atoms with Crippen LogP contribution in [0.3, 0.4) is 0 Å². The number of hydrogen-bond acceptors (Lipinski definition) is 6. The zero-order chi connectivity index (χ0) is 27.7. The molecule has 0 fully saturated rings. The van der Waals surface area contributed by atoms with Gasteiger partial charge in [0.05, 0.1) is 25.1 Å². The van der Waals surface area contributed by atoms with Gasteiger partial charge in [-0.2, -0.15) is 0 Å². The molecule has 202 valence electrons. The minimum atomic E-state index is -0.934. The number of hydrogen-bond donors (Lipinski definition) is 3. The summed E-state index contributed by atoms with van der Waals surface area (Å²) in [7, 11) is 1.44. The van der Waals surface area contributed by atoms with Crippen LogP contribution in [-0.4, -0.2) is 53.7 Å². The lowest BCUT2D eigenvalue weighted by Gasteiger charge is -2.30. The van der Waals surface area contributed by atoms with E-state index in [1.165, 1.54) is 31.4 Å². The molecule has 2 aromatic heterocycles. The van der Waals surface area contributed by atoms with Gasteiger partial charge in [-0.05, 0) is 47.5 Å². The zero-order valence-electron chi connectivity index (χ0n) is 21.1. The molecule has 0 saturated carbocycles. The third-order valence-electron chi connectivity index (χ3n) is 6.46. The molecular weight excluding hydrogens is 513 g/mol. The Bertz CT molecular complexity index is 1580. The SMILES string of the molecule is CNC(=O)c1cc(F)cc(-c2c[nH]c3nccc(Oc4c(F)cc(CC5=NCC(C)(CO)CO5)cc4F)c23)c1. The van der Waals surface area contributed by atoms with Gasteiger partial charge < -0.3 is 24.9 Å². The minimum absolute atomic E-state index is 0.0737. The van der Waals surface area contributed by atoms with E-state index >= 15 is 8.78 Å². The average molecular weight is 539 g/mol. The molecule has 8 nitrogen and oxygen atoms in total. The van der Waals surface area contributed by atoms with Crippen LogP contribution in [0.2, 0.25) is 0 Å². The fourth-order valence-corrected chi connectivity index (χ4v) is 4.29. The van der Waals surface area contributed by atoms with Gasteiger partial charge in [-0.1, -0.05) is 6.92 Å². The first-order valence-corrected chi connectivity index (χ1v) is 12.1. The second-order valence-corrected chi connectivity index (χ2v) is 9.68. The van der Waals surface area contributed by atoms with Crippen molar-refractivity contribution in [3.63, 3.8) is 0 Å². The van der Waals surface area contributed by atoms with Crippen molar-refractivity contribution < 1.29 is 32.5 Å². The molecule has 39 heavy (non-hydrogen) atoms. The topological polar surface area (TPSA) is 109 Å². The number of aliphatic hydroxyl groups excluding tert-OH is 1. The van der Waals surface area contributed by atoms with Gasteiger partial charge in [0.2, 0.25) is 0 Å². The maximum Gasteiger partial charge on any atom is 0.251 e. The average Bonchev–Trinajstić information content (AvgIpc) is 3.36. The van der Waals surface area contributed by atoms with Gasteiger partial charge in [-0.25, -0.2) is 18.2 Å². The molecule has 2 aromatic carbocycles. The Balaban J connectivity index is 1.47. The number of fused-ring (bicyclic) bond motifs is 1. The van der Waals surface area contributed by atoms with Gasteiger partial charge in [0.15, 0.2) is 23.3 Å². The Morgan fingerprint density at radius 2 is 1.97 bits per heavy atom. The lowest BCUT2D eigenvalue weighted by Crippen LogP contribution is -2.36. The second-order valence-electron chi connectivity index (χ2n) is 9.68. The number of nitrogens with one attached hydrogen (secondary N) is 2. The quantitative estimate of drug-likeness (QED) is 0.314. The van der Waals surface area contributed by atoms with E-state index in [2.05, 4.69) is 20.3 Å². The first-order chi connectivity index (χ1) is 18.7. The number of benzene rings is 2. The van der Waals surface area contributed by atoms with Crippen molar-refractivity contribution in [3.8, 4) is 22.6 Å². The number of carbonyl (C=O) groups is 1. The van der Waals surface area contributed by atoms with E-state index in [0.29, 0.717) is 40.2 Å². The number of H-pyrrole nitrogens is 1. The third-order valence-corrected chi connectivity index (χ3v) is 6.46. The Morgan fingerprint density at radius 3 is 2.64 bits per heavy atom. The lowest BCUT2D eigenvalue weighted by molar-refractivity contribution is 0.0690. The van der Waals surface area contributed by atoms with E-state index in [-0.39, 0.29) is 30.9 Å². The number of halogens is 3. The van der Waals surface area contributed by atoms with Crippen molar-refractivity contribution in [1.29, 1.82) is 0 Å². The fourth-order valence-electron chi connectivity index (χ4n) is 4.29. The van der Waals surface area contributed by atoms with Crippen LogP contribution in [0.1, 0.15) is 22.8 Å². The molecular formula is C28H25F3N4O4. The minimum Gasteiger partial charge on any atom is -0.480 e. The van der Waals surface area contributed by atoms with Crippen LogP contribution in [0.25, 0.3) is 22.2 Å². The van der Waals surface area contributed by atoms with Crippen molar-refractivity contribution in [1.82, 2.24) is 15.3 Å². The summed E-state index contributed by atoms with van der Waals surface area (Å²) < 4.78 is 55.9. The van der Waals surface area contributed by atoms with Gasteiger partial charge in [0.1, 0.15) is 17.2 Å². The molecule has 1 amide bonds. The van der Waals surface area contributed by atoms with E-state index in [9.17, 15) is 14.3 Å². The predicted molar refractivity (Wildman–Crippen MR) is 138 cm³/mol. The van der Waals surface area contributed by atoms with Gasteiger partial charge in [0.25, 0.3) is 5.91 Å². The van der Waals surface area contributed by atoms with Gasteiger partial charge in [-0.3, -0.25) is 9.79 Å². The van der Waals surface area contributed by atoms with Crippen molar-refractivity contribution in [2.45, 2.75) is 13.3 Å². The molecule has 3 N–H and O–H groups in total. The standard InChI is InChI=1S/C28H25F3N4O4/c1-28(13-36)12-35-23(38-14-28)7-15-5-20(30)25(21(31)6-15)39-22-3-4-33-26-24(22)19(11-34-26)16-8-17(27(37)32-2)10-18(29)9-16/h3-6,8-11,36H,7,12-14H2,1-2H3,(H,32,37)(H,33,34). The molecule has 5 rings (SSSR count). The smallest absolute Gasteiger partial charge is 0.251 e. The van der Waals surface area contributed by atoms with Crippen molar-refractivity contribution >= 4 is 22.8 Å². The fraction of sp³-hybridized carbons (Fsp3) is 0.250. The highest BCUT2D eigenvalue weighted by Gasteiger charge is 2.29. The van der Waals surface area contributed by atoms with Crippen LogP contribution in [0.15, 0.2) is 53.8 Å². The zero-order valence-corrected chi connectivity index (χ0v) is 21.1. The number of pyridine rings is 1. The summed E-state index contributed by atoms with van der Waals surface area (Å²) in [5.74, 6) is -3.19. The number of amides is 1. The highest BCUT2D eigenvalue weighted by atomic mass is 19.1. The maximum atomic E-state index is 15.1. The number of ether oxygens (including phenoxy) is 2. The lowest BCUT2D eigenvalue weighted by atomic mass is 9.92. The molecule has 0 radical (unpaired) electrons. The number of aromatic nitrogens is 2. The van der Waals surface area contributed by atoms with Crippen LogP contribution in [0.5, 0.6) is 11.5 Å². The van der Waals surface area contributed by atoms with Crippen LogP contribution in [0, 0.1) is 22.9 Å². The summed E-state index contributed by atoms with van der Waals surface area (Å²) in [6.07, 6.45) is 3.03. The molecule has 1 aliphatic heterocycles. The summed E-state index contributed by atoms with van der Waals surface area (Å²) in [6, 6.07) is 7.56. The predicted octanol–water partition coefficient (Wildman–Crippen LogP) is 4.77. The highest BCUT2D eigenvalue weighted by molar-refractivity contribution is 6.00. The molecule has 11 heteroatoms. The molecule has 3 heterocycles. The number of rotatable bonds is 7. The highest BCUT2D eigenvalue weighted by Crippen LogP contribution is 2.38. The Kier molecular flexibility index (Phi) is 7.00. The second kappa shape index (κ2) is 10.4. The number of aliphatic hydroxyl groups is 1. The van der Waals surface area contributed by atoms with Crippen LogP contribution in [-0.2, 0) is 11.2 Å². The number of aromatic amines is 1. The molecule has 0 saturated heterocycles.